The molecule has 48 heavy (non-hydrogen) atoms. The lowest BCUT2D eigenvalue weighted by Gasteiger charge is -2.48. The molecule has 4 fully saturated rings. The molecule has 20 unspecified atom stereocenters. The molecule has 14 N–H and O–H groups in total. The van der Waals surface area contributed by atoms with Gasteiger partial charge in [-0.3, -0.25) is 4.79 Å². The van der Waals surface area contributed by atoms with Gasteiger partial charge in [-0.05, 0) is 0 Å². The van der Waals surface area contributed by atoms with Crippen LogP contribution < -0.4 is 5.32 Å². The largest absolute Gasteiger partial charge is 0.394 e. The minimum absolute atomic E-state index is 0.663. The Kier molecular flexibility index (Phi) is 13.8. The average molecular weight is 708 g/mol. The fraction of sp³-hybridized carbons (Fsp3) is 0.962. The molecule has 0 aliphatic carbocycles. The quantitative estimate of drug-likeness (QED) is 0.0947. The Balaban J connectivity index is 1.59. The van der Waals surface area contributed by atoms with Crippen LogP contribution in [0.5, 0.6) is 0 Å². The van der Waals surface area contributed by atoms with Crippen molar-refractivity contribution in [2.24, 2.45) is 0 Å². The van der Waals surface area contributed by atoms with E-state index in [0.717, 1.165) is 6.92 Å². The fourth-order valence-electron chi connectivity index (χ4n) is 5.84. The van der Waals surface area contributed by atoms with Crippen LogP contribution in [-0.2, 0) is 38.0 Å². The number of rotatable bonds is 11. The molecule has 0 bridgehead atoms. The van der Waals surface area contributed by atoms with E-state index < -0.39 is 155 Å². The third-order valence-corrected chi connectivity index (χ3v) is 8.59. The second-order valence-corrected chi connectivity index (χ2v) is 11.9. The van der Waals surface area contributed by atoms with Crippen LogP contribution in [0.3, 0.4) is 0 Å². The molecule has 22 nitrogen and oxygen atoms in total. The first-order valence-corrected chi connectivity index (χ1v) is 15.1. The lowest BCUT2D eigenvalue weighted by Crippen LogP contribution is -2.67. The Labute approximate surface area is 272 Å². The van der Waals surface area contributed by atoms with Crippen molar-refractivity contribution in [3.05, 3.63) is 0 Å². The van der Waals surface area contributed by atoms with Gasteiger partial charge in [0.15, 0.2) is 25.2 Å². The molecule has 0 spiro atoms. The van der Waals surface area contributed by atoms with Crippen molar-refractivity contribution in [3.8, 4) is 0 Å². The molecule has 0 aromatic rings. The maximum absolute atomic E-state index is 11.8. The minimum Gasteiger partial charge on any atom is -0.394 e. The lowest BCUT2D eigenvalue weighted by atomic mass is 9.95. The predicted molar refractivity (Wildman–Crippen MR) is 145 cm³/mol. The Morgan fingerprint density at radius 3 is 1.65 bits per heavy atom. The van der Waals surface area contributed by atoms with Gasteiger partial charge < -0.3 is 105 Å². The maximum Gasteiger partial charge on any atom is 0.217 e. The van der Waals surface area contributed by atoms with Crippen LogP contribution in [0.25, 0.3) is 0 Å². The summed E-state index contributed by atoms with van der Waals surface area (Å²) in [5, 5.41) is 136. The summed E-state index contributed by atoms with van der Waals surface area (Å²) in [6, 6.07) is -1.41. The van der Waals surface area contributed by atoms with E-state index in [1.54, 1.807) is 0 Å². The summed E-state index contributed by atoms with van der Waals surface area (Å²) in [5.41, 5.74) is 0. The van der Waals surface area contributed by atoms with Crippen molar-refractivity contribution in [3.63, 3.8) is 0 Å². The Morgan fingerprint density at radius 1 is 0.542 bits per heavy atom. The van der Waals surface area contributed by atoms with E-state index in [-0.39, 0.29) is 0 Å². The van der Waals surface area contributed by atoms with Gasteiger partial charge in [0.25, 0.3) is 0 Å². The highest BCUT2D eigenvalue weighted by atomic mass is 16.8. The maximum atomic E-state index is 11.8. The van der Waals surface area contributed by atoms with Crippen LogP contribution in [0.4, 0.5) is 0 Å². The van der Waals surface area contributed by atoms with E-state index in [1.165, 1.54) is 0 Å². The number of aliphatic hydroxyl groups is 13. The van der Waals surface area contributed by atoms with E-state index >= 15 is 0 Å². The van der Waals surface area contributed by atoms with E-state index in [1.807, 2.05) is 0 Å². The summed E-state index contributed by atoms with van der Waals surface area (Å²) < 4.78 is 38.5. The van der Waals surface area contributed by atoms with E-state index in [9.17, 15) is 71.2 Å². The molecule has 4 heterocycles. The standard InChI is InChI=1S/C26H45NO21/c1-6(31)27-11-15(35)12(32)7(2-28)44-24(11)42-5-10-14(34)22(48-25-19(39)16(36)13(33)8(3-29)45-25)20(40)26(46-10)47-21-9(4-30)43-23(41)18(38)17(21)37/h7-26,28-30,32-41H,2-5H2,1H3,(H,27,31). The van der Waals surface area contributed by atoms with Gasteiger partial charge in [0, 0.05) is 6.92 Å². The Bertz CT molecular complexity index is 1030. The molecule has 1 amide bonds. The molecule has 0 radical (unpaired) electrons. The number of amides is 1. The van der Waals surface area contributed by atoms with E-state index in [2.05, 4.69) is 5.32 Å². The van der Waals surface area contributed by atoms with Crippen LogP contribution in [-0.4, -0.2) is 221 Å². The molecule has 22 heteroatoms. The van der Waals surface area contributed by atoms with E-state index in [0.29, 0.717) is 0 Å². The highest BCUT2D eigenvalue weighted by Gasteiger charge is 2.54. The summed E-state index contributed by atoms with van der Waals surface area (Å²) in [7, 11) is 0. The van der Waals surface area contributed by atoms with Crippen molar-refractivity contribution in [2.75, 3.05) is 26.4 Å². The Morgan fingerprint density at radius 2 is 1.06 bits per heavy atom. The first-order valence-electron chi connectivity index (χ1n) is 15.1. The summed E-state index contributed by atoms with van der Waals surface area (Å²) in [6.07, 6.45) is -33.8. The second-order valence-electron chi connectivity index (χ2n) is 11.9. The van der Waals surface area contributed by atoms with Gasteiger partial charge in [-0.25, -0.2) is 0 Å². The summed E-state index contributed by atoms with van der Waals surface area (Å²) in [4.78, 5) is 11.8. The number of nitrogens with one attached hydrogen (secondary N) is 1. The van der Waals surface area contributed by atoms with Crippen LogP contribution in [0, 0.1) is 0 Å². The number of hydrogen-bond donors (Lipinski definition) is 14. The van der Waals surface area contributed by atoms with Crippen molar-refractivity contribution in [2.45, 2.75) is 130 Å². The minimum atomic E-state index is -2.06. The lowest BCUT2D eigenvalue weighted by molar-refractivity contribution is -0.382. The normalized spacial score (nSPS) is 50.2. The molecule has 0 aromatic heterocycles. The molecule has 20 atom stereocenters. The smallest absolute Gasteiger partial charge is 0.217 e. The summed E-state index contributed by atoms with van der Waals surface area (Å²) in [5.74, 6) is -0.663. The summed E-state index contributed by atoms with van der Waals surface area (Å²) >= 11 is 0. The van der Waals surface area contributed by atoms with Crippen molar-refractivity contribution in [1.82, 2.24) is 5.32 Å². The second kappa shape index (κ2) is 16.8. The van der Waals surface area contributed by atoms with Crippen LogP contribution in [0.15, 0.2) is 0 Å². The molecule has 4 aliphatic heterocycles. The van der Waals surface area contributed by atoms with Gasteiger partial charge in [-0.1, -0.05) is 0 Å². The fourth-order valence-corrected chi connectivity index (χ4v) is 5.84. The number of carbonyl (C=O) groups is 1. The van der Waals surface area contributed by atoms with Crippen LogP contribution in [0.2, 0.25) is 0 Å². The monoisotopic (exact) mass is 707 g/mol. The number of aliphatic hydroxyl groups excluding tert-OH is 13. The zero-order chi connectivity index (χ0) is 35.6. The molecule has 0 aromatic carbocycles. The SMILES string of the molecule is CC(=O)NC1C(OCC2OC(OC3C(CO)OC(O)C(O)C3O)C(O)C(OC3OC(CO)C(O)C(O)C3O)C2O)OC(CO)C(O)C1O. The zero-order valence-electron chi connectivity index (χ0n) is 25.5. The molecule has 4 saturated heterocycles. The molecule has 280 valence electrons. The number of ether oxygens (including phenoxy) is 7. The third kappa shape index (κ3) is 8.24. The first-order chi connectivity index (χ1) is 22.6. The van der Waals surface area contributed by atoms with Gasteiger partial charge in [0.2, 0.25) is 5.91 Å². The highest BCUT2D eigenvalue weighted by Crippen LogP contribution is 2.33. The molecule has 4 aliphatic rings. The topological polar surface area (TPSA) is 357 Å². The van der Waals surface area contributed by atoms with Crippen molar-refractivity contribution >= 4 is 5.91 Å². The number of carbonyl (C=O) groups excluding carboxylic acids is 1. The van der Waals surface area contributed by atoms with Crippen molar-refractivity contribution in [1.29, 1.82) is 0 Å². The molecular formula is C26H45NO21. The molecule has 0 saturated carbocycles. The average Bonchev–Trinajstić information content (AvgIpc) is 3.06. The Hall–Kier alpha value is -1.33. The van der Waals surface area contributed by atoms with Gasteiger partial charge in [0.1, 0.15) is 97.6 Å². The van der Waals surface area contributed by atoms with Gasteiger partial charge in [-0.15, -0.1) is 0 Å². The first kappa shape index (κ1) is 39.5. The number of hydrogen-bond acceptors (Lipinski definition) is 21. The van der Waals surface area contributed by atoms with Crippen molar-refractivity contribution < 1.29 is 104 Å². The predicted octanol–water partition coefficient (Wildman–Crippen LogP) is -9.61. The van der Waals surface area contributed by atoms with Crippen LogP contribution in [0.1, 0.15) is 6.92 Å². The zero-order valence-corrected chi connectivity index (χ0v) is 25.5. The van der Waals surface area contributed by atoms with Gasteiger partial charge in [-0.2, -0.15) is 0 Å². The van der Waals surface area contributed by atoms with Crippen LogP contribution >= 0.6 is 0 Å². The molecular weight excluding hydrogens is 662 g/mol. The summed E-state index contributed by atoms with van der Waals surface area (Å²) in [6.45, 7) is -2.11. The van der Waals surface area contributed by atoms with Gasteiger partial charge >= 0.3 is 0 Å². The highest BCUT2D eigenvalue weighted by molar-refractivity contribution is 5.73. The van der Waals surface area contributed by atoms with Gasteiger partial charge in [0.05, 0.1) is 26.4 Å². The molecule has 4 rings (SSSR count). The third-order valence-electron chi connectivity index (χ3n) is 8.59. The van der Waals surface area contributed by atoms with E-state index in [4.69, 9.17) is 33.2 Å².